The number of hydrogen-bond donors (Lipinski definition) is 1. The Morgan fingerprint density at radius 3 is 2.86 bits per heavy atom. The maximum absolute atomic E-state index is 6.18. The first kappa shape index (κ1) is 15.0. The molecule has 0 radical (unpaired) electrons. The van der Waals surface area contributed by atoms with Gasteiger partial charge < -0.3 is 0 Å². The monoisotopic (exact) mass is 348 g/mol. The summed E-state index contributed by atoms with van der Waals surface area (Å²) >= 11 is 13.5. The Bertz CT molecular complexity index is 802. The van der Waals surface area contributed by atoms with E-state index in [0.717, 1.165) is 17.0 Å². The van der Waals surface area contributed by atoms with E-state index in [1.54, 1.807) is 24.5 Å². The third-order valence-electron chi connectivity index (χ3n) is 2.76. The molecule has 0 saturated heterocycles. The second-order valence-corrected chi connectivity index (χ2v) is 5.99. The minimum Gasteiger partial charge on any atom is -0.255 e. The SMILES string of the molecule is Clc1ccc(-c2csc(N/N=C/c3ccccn3)n2)c(Cl)c1. The molecule has 22 heavy (non-hydrogen) atoms. The standard InChI is InChI=1S/C15H10Cl2N4S/c16-10-4-5-12(13(17)7-10)14-9-22-15(20-14)21-19-8-11-3-1-2-6-18-11/h1-9H,(H,20,21)/b19-8+. The zero-order valence-electron chi connectivity index (χ0n) is 11.2. The molecule has 0 spiro atoms. The van der Waals surface area contributed by atoms with Gasteiger partial charge in [0.05, 0.1) is 22.6 Å². The summed E-state index contributed by atoms with van der Waals surface area (Å²) in [5, 5.41) is 7.87. The maximum Gasteiger partial charge on any atom is 0.203 e. The lowest BCUT2D eigenvalue weighted by atomic mass is 10.2. The Morgan fingerprint density at radius 1 is 1.18 bits per heavy atom. The molecule has 0 aliphatic heterocycles. The van der Waals surface area contributed by atoms with Gasteiger partial charge in [-0.2, -0.15) is 5.10 Å². The highest BCUT2D eigenvalue weighted by molar-refractivity contribution is 7.14. The molecule has 0 unspecified atom stereocenters. The van der Waals surface area contributed by atoms with Gasteiger partial charge in [-0.05, 0) is 30.3 Å². The fourth-order valence-corrected chi connectivity index (χ4v) is 2.92. The van der Waals surface area contributed by atoms with Crippen molar-refractivity contribution >= 4 is 45.9 Å². The van der Waals surface area contributed by atoms with Crippen molar-refractivity contribution in [2.24, 2.45) is 5.10 Å². The number of hydrogen-bond acceptors (Lipinski definition) is 5. The summed E-state index contributed by atoms with van der Waals surface area (Å²) in [6, 6.07) is 11.0. The lowest BCUT2D eigenvalue weighted by Gasteiger charge is -2.00. The molecule has 2 heterocycles. The Labute approximate surface area is 141 Å². The number of anilines is 1. The van der Waals surface area contributed by atoms with Crippen LogP contribution in [0.5, 0.6) is 0 Å². The van der Waals surface area contributed by atoms with Gasteiger partial charge in [0.25, 0.3) is 0 Å². The van der Waals surface area contributed by atoms with E-state index in [0.29, 0.717) is 15.2 Å². The molecule has 7 heteroatoms. The first-order valence-electron chi connectivity index (χ1n) is 6.33. The van der Waals surface area contributed by atoms with Crippen molar-refractivity contribution in [3.63, 3.8) is 0 Å². The smallest absolute Gasteiger partial charge is 0.203 e. The van der Waals surface area contributed by atoms with E-state index < -0.39 is 0 Å². The topological polar surface area (TPSA) is 50.2 Å². The van der Waals surface area contributed by atoms with Crippen LogP contribution in [0.1, 0.15) is 5.69 Å². The molecule has 0 aliphatic carbocycles. The van der Waals surface area contributed by atoms with E-state index in [1.165, 1.54) is 11.3 Å². The summed E-state index contributed by atoms with van der Waals surface area (Å²) in [6.45, 7) is 0. The normalized spacial score (nSPS) is 11.0. The van der Waals surface area contributed by atoms with E-state index in [9.17, 15) is 0 Å². The Balaban J connectivity index is 1.73. The first-order chi connectivity index (χ1) is 10.7. The van der Waals surface area contributed by atoms with Gasteiger partial charge in [-0.1, -0.05) is 29.3 Å². The lowest BCUT2D eigenvalue weighted by molar-refractivity contribution is 1.26. The third kappa shape index (κ3) is 3.62. The second kappa shape index (κ2) is 6.87. The number of aromatic nitrogens is 2. The molecule has 4 nitrogen and oxygen atoms in total. The maximum atomic E-state index is 6.18. The molecule has 3 aromatic rings. The van der Waals surface area contributed by atoms with Crippen molar-refractivity contribution < 1.29 is 0 Å². The molecule has 0 amide bonds. The Kier molecular flexibility index (Phi) is 4.68. The van der Waals surface area contributed by atoms with Crippen LogP contribution in [0.3, 0.4) is 0 Å². The highest BCUT2D eigenvalue weighted by Crippen LogP contribution is 2.32. The number of nitrogens with one attached hydrogen (secondary N) is 1. The molecular formula is C15H10Cl2N4S. The predicted molar refractivity (Wildman–Crippen MR) is 93.0 cm³/mol. The highest BCUT2D eigenvalue weighted by atomic mass is 35.5. The average Bonchev–Trinajstić information content (AvgIpc) is 2.97. The molecule has 110 valence electrons. The molecule has 0 fully saturated rings. The first-order valence-corrected chi connectivity index (χ1v) is 7.97. The van der Waals surface area contributed by atoms with Crippen molar-refractivity contribution in [1.29, 1.82) is 0 Å². The van der Waals surface area contributed by atoms with Gasteiger partial charge in [-0.25, -0.2) is 4.98 Å². The van der Waals surface area contributed by atoms with Gasteiger partial charge in [0.15, 0.2) is 0 Å². The van der Waals surface area contributed by atoms with Crippen LogP contribution < -0.4 is 5.43 Å². The lowest BCUT2D eigenvalue weighted by Crippen LogP contribution is -1.91. The van der Waals surface area contributed by atoms with Gasteiger partial charge in [0.1, 0.15) is 0 Å². The number of halogens is 2. The quantitative estimate of drug-likeness (QED) is 0.535. The summed E-state index contributed by atoms with van der Waals surface area (Å²) in [6.07, 6.45) is 3.35. The fourth-order valence-electron chi connectivity index (χ4n) is 1.75. The zero-order chi connectivity index (χ0) is 15.4. The number of hydrazone groups is 1. The summed E-state index contributed by atoms with van der Waals surface area (Å²) in [5.41, 5.74) is 5.27. The van der Waals surface area contributed by atoms with Crippen LogP contribution in [0.25, 0.3) is 11.3 Å². The van der Waals surface area contributed by atoms with E-state index in [1.807, 2.05) is 29.6 Å². The summed E-state index contributed by atoms with van der Waals surface area (Å²) < 4.78 is 0. The van der Waals surface area contributed by atoms with E-state index in [4.69, 9.17) is 23.2 Å². The summed E-state index contributed by atoms with van der Waals surface area (Å²) in [5.74, 6) is 0. The Hall–Kier alpha value is -1.95. The number of nitrogens with zero attached hydrogens (tertiary/aromatic N) is 3. The van der Waals surface area contributed by atoms with E-state index in [-0.39, 0.29) is 0 Å². The van der Waals surface area contributed by atoms with E-state index >= 15 is 0 Å². The largest absolute Gasteiger partial charge is 0.255 e. The Morgan fingerprint density at radius 2 is 2.09 bits per heavy atom. The molecule has 0 saturated carbocycles. The van der Waals surface area contributed by atoms with Gasteiger partial charge in [0.2, 0.25) is 5.13 Å². The molecule has 1 N–H and O–H groups in total. The van der Waals surface area contributed by atoms with Crippen LogP contribution in [-0.2, 0) is 0 Å². The van der Waals surface area contributed by atoms with Crippen LogP contribution in [-0.4, -0.2) is 16.2 Å². The molecule has 0 atom stereocenters. The van der Waals surface area contributed by atoms with Gasteiger partial charge in [0, 0.05) is 22.2 Å². The number of benzene rings is 1. The number of thiazole rings is 1. The average molecular weight is 349 g/mol. The summed E-state index contributed by atoms with van der Waals surface area (Å²) in [7, 11) is 0. The van der Waals surface area contributed by atoms with Crippen molar-refractivity contribution in [3.8, 4) is 11.3 Å². The van der Waals surface area contributed by atoms with Gasteiger partial charge in [-0.15, -0.1) is 11.3 Å². The highest BCUT2D eigenvalue weighted by Gasteiger charge is 2.08. The molecular weight excluding hydrogens is 339 g/mol. The van der Waals surface area contributed by atoms with Crippen LogP contribution in [0.4, 0.5) is 5.13 Å². The zero-order valence-corrected chi connectivity index (χ0v) is 13.5. The molecule has 3 rings (SSSR count). The minimum absolute atomic E-state index is 0.571. The van der Waals surface area contributed by atoms with Crippen LogP contribution in [0.2, 0.25) is 10.0 Å². The molecule has 1 aromatic carbocycles. The number of rotatable bonds is 4. The van der Waals surface area contributed by atoms with Crippen molar-refractivity contribution in [3.05, 3.63) is 63.7 Å². The van der Waals surface area contributed by atoms with Crippen molar-refractivity contribution in [2.75, 3.05) is 5.43 Å². The van der Waals surface area contributed by atoms with Gasteiger partial charge >= 0.3 is 0 Å². The molecule has 0 aliphatic rings. The number of pyridine rings is 1. The summed E-state index contributed by atoms with van der Waals surface area (Å²) in [4.78, 5) is 8.59. The van der Waals surface area contributed by atoms with Gasteiger partial charge in [-0.3, -0.25) is 10.4 Å². The fraction of sp³-hybridized carbons (Fsp3) is 0. The van der Waals surface area contributed by atoms with E-state index in [2.05, 4.69) is 20.5 Å². The van der Waals surface area contributed by atoms with Crippen LogP contribution in [0.15, 0.2) is 53.1 Å². The minimum atomic E-state index is 0.571. The van der Waals surface area contributed by atoms with Crippen molar-refractivity contribution in [2.45, 2.75) is 0 Å². The third-order valence-corrected chi connectivity index (χ3v) is 4.05. The molecule has 0 bridgehead atoms. The predicted octanol–water partition coefficient (Wildman–Crippen LogP) is 4.96. The van der Waals surface area contributed by atoms with Crippen LogP contribution in [0, 0.1) is 0 Å². The molecule has 2 aromatic heterocycles. The second-order valence-electron chi connectivity index (χ2n) is 4.29. The van der Waals surface area contributed by atoms with Crippen LogP contribution >= 0.6 is 34.5 Å². The van der Waals surface area contributed by atoms with Crippen molar-refractivity contribution in [1.82, 2.24) is 9.97 Å².